The van der Waals surface area contributed by atoms with Crippen molar-refractivity contribution >= 4 is 6.09 Å². The molecule has 0 radical (unpaired) electrons. The Hall–Kier alpha value is -3.09. The summed E-state index contributed by atoms with van der Waals surface area (Å²) >= 11 is 0. The minimum atomic E-state index is -0.625. The van der Waals surface area contributed by atoms with E-state index in [1.54, 1.807) is 43.6 Å². The van der Waals surface area contributed by atoms with Crippen LogP contribution in [-0.4, -0.2) is 32.7 Å². The lowest BCUT2D eigenvalue weighted by molar-refractivity contribution is 0.150. The third-order valence-electron chi connectivity index (χ3n) is 3.18. The molecule has 0 atom stereocenters. The quantitative estimate of drug-likeness (QED) is 0.743. The van der Waals surface area contributed by atoms with Gasteiger partial charge in [0.25, 0.3) is 0 Å². The molecule has 0 saturated carbocycles. The Morgan fingerprint density at radius 1 is 1.13 bits per heavy atom. The van der Waals surface area contributed by atoms with E-state index in [0.717, 1.165) is 4.68 Å². The highest BCUT2D eigenvalue weighted by molar-refractivity contribution is 5.85. The Bertz CT molecular complexity index is 816. The van der Waals surface area contributed by atoms with Gasteiger partial charge in [-0.2, -0.15) is 0 Å². The van der Waals surface area contributed by atoms with Gasteiger partial charge in [0.2, 0.25) is 0 Å². The van der Waals surface area contributed by atoms with Crippen molar-refractivity contribution in [1.29, 1.82) is 0 Å². The van der Waals surface area contributed by atoms with Gasteiger partial charge >= 0.3 is 6.09 Å². The van der Waals surface area contributed by atoms with Crippen LogP contribution in [0.3, 0.4) is 0 Å². The topological polar surface area (TPSA) is 69.9 Å². The molecule has 0 amide bonds. The molecule has 0 unspecified atom stereocenters. The van der Waals surface area contributed by atoms with Gasteiger partial charge in [0, 0.05) is 23.5 Å². The van der Waals surface area contributed by atoms with Crippen molar-refractivity contribution in [3.05, 3.63) is 54.6 Å². The minimum Gasteiger partial charge on any atom is -0.448 e. The smallest absolute Gasteiger partial charge is 0.436 e. The van der Waals surface area contributed by atoms with Crippen LogP contribution < -0.4 is 0 Å². The van der Waals surface area contributed by atoms with Crippen LogP contribution in [0.5, 0.6) is 0 Å². The molecule has 7 heteroatoms. The van der Waals surface area contributed by atoms with Gasteiger partial charge < -0.3 is 4.74 Å². The Morgan fingerprint density at radius 2 is 1.83 bits per heavy atom. The molecule has 0 bridgehead atoms. The molecule has 2 heterocycles. The van der Waals surface area contributed by atoms with E-state index in [4.69, 9.17) is 4.74 Å². The standard InChI is InChI=1S/C16H13FN4O2/c1-2-23-16(22)21-15(12-7-9-18-10-8-12)14(19-20-21)11-3-5-13(17)6-4-11/h3-10H,2H2,1H3. The van der Waals surface area contributed by atoms with E-state index < -0.39 is 6.09 Å². The fourth-order valence-electron chi connectivity index (χ4n) is 2.17. The van der Waals surface area contributed by atoms with E-state index in [-0.39, 0.29) is 12.4 Å². The highest BCUT2D eigenvalue weighted by atomic mass is 19.1. The first kappa shape index (κ1) is 14.8. The summed E-state index contributed by atoms with van der Waals surface area (Å²) in [5.41, 5.74) is 2.29. The lowest BCUT2D eigenvalue weighted by atomic mass is 10.1. The SMILES string of the molecule is CCOC(=O)n1nnc(-c2ccc(F)cc2)c1-c1ccncc1. The number of aromatic nitrogens is 4. The van der Waals surface area contributed by atoms with Gasteiger partial charge in [-0.25, -0.2) is 9.18 Å². The summed E-state index contributed by atoms with van der Waals surface area (Å²) in [7, 11) is 0. The van der Waals surface area contributed by atoms with Gasteiger partial charge in [-0.05, 0) is 43.3 Å². The molecule has 2 aromatic heterocycles. The molecule has 3 rings (SSSR count). The van der Waals surface area contributed by atoms with Gasteiger partial charge in [0.05, 0.1) is 6.61 Å². The van der Waals surface area contributed by atoms with Crippen molar-refractivity contribution in [1.82, 2.24) is 20.0 Å². The van der Waals surface area contributed by atoms with Crippen molar-refractivity contribution < 1.29 is 13.9 Å². The van der Waals surface area contributed by atoms with Crippen LogP contribution in [0.1, 0.15) is 6.92 Å². The molecule has 0 spiro atoms. The Balaban J connectivity index is 2.17. The second-order valence-electron chi connectivity index (χ2n) is 4.64. The number of benzene rings is 1. The molecule has 0 fully saturated rings. The fourth-order valence-corrected chi connectivity index (χ4v) is 2.17. The van der Waals surface area contributed by atoms with Crippen molar-refractivity contribution in [2.75, 3.05) is 6.61 Å². The monoisotopic (exact) mass is 312 g/mol. The molecule has 0 aliphatic rings. The number of hydrogen-bond donors (Lipinski definition) is 0. The molecule has 6 nitrogen and oxygen atoms in total. The zero-order valence-electron chi connectivity index (χ0n) is 12.3. The molecule has 0 saturated heterocycles. The molecule has 0 aliphatic carbocycles. The van der Waals surface area contributed by atoms with E-state index in [1.807, 2.05) is 0 Å². The van der Waals surface area contributed by atoms with Crippen molar-refractivity contribution in [2.24, 2.45) is 0 Å². The van der Waals surface area contributed by atoms with Crippen LogP contribution in [0.4, 0.5) is 9.18 Å². The van der Waals surface area contributed by atoms with Gasteiger partial charge in [-0.1, -0.05) is 5.21 Å². The van der Waals surface area contributed by atoms with Gasteiger partial charge in [-0.15, -0.1) is 9.78 Å². The summed E-state index contributed by atoms with van der Waals surface area (Å²) in [6.45, 7) is 1.93. The number of hydrogen-bond acceptors (Lipinski definition) is 5. The molecule has 0 N–H and O–H groups in total. The predicted molar refractivity (Wildman–Crippen MR) is 81.1 cm³/mol. The molecular formula is C16H13FN4O2. The second-order valence-corrected chi connectivity index (χ2v) is 4.64. The van der Waals surface area contributed by atoms with Crippen LogP contribution in [0.15, 0.2) is 48.8 Å². The number of pyridine rings is 1. The molecule has 3 aromatic rings. The predicted octanol–water partition coefficient (Wildman–Crippen LogP) is 3.15. The van der Waals surface area contributed by atoms with Crippen molar-refractivity contribution in [2.45, 2.75) is 6.92 Å². The summed E-state index contributed by atoms with van der Waals surface area (Å²) < 4.78 is 19.2. The summed E-state index contributed by atoms with van der Waals surface area (Å²) in [6.07, 6.45) is 2.58. The largest absolute Gasteiger partial charge is 0.448 e. The van der Waals surface area contributed by atoms with Crippen molar-refractivity contribution in [3.63, 3.8) is 0 Å². The van der Waals surface area contributed by atoms with Gasteiger partial charge in [-0.3, -0.25) is 4.98 Å². The van der Waals surface area contributed by atoms with Gasteiger partial charge in [0.1, 0.15) is 17.2 Å². The normalized spacial score (nSPS) is 10.5. The summed E-state index contributed by atoms with van der Waals surface area (Å²) in [5, 5.41) is 7.95. The number of carbonyl (C=O) groups is 1. The van der Waals surface area contributed by atoms with Crippen LogP contribution >= 0.6 is 0 Å². The molecule has 1 aromatic carbocycles. The average Bonchev–Trinajstić information content (AvgIpc) is 3.01. The highest BCUT2D eigenvalue weighted by Crippen LogP contribution is 2.30. The van der Waals surface area contributed by atoms with Crippen LogP contribution in [0.25, 0.3) is 22.5 Å². The van der Waals surface area contributed by atoms with E-state index in [9.17, 15) is 9.18 Å². The number of rotatable bonds is 3. The number of ether oxygens (including phenoxy) is 1. The van der Waals surface area contributed by atoms with E-state index >= 15 is 0 Å². The highest BCUT2D eigenvalue weighted by Gasteiger charge is 2.21. The number of carbonyl (C=O) groups excluding carboxylic acids is 1. The van der Waals surface area contributed by atoms with Crippen molar-refractivity contribution in [3.8, 4) is 22.5 Å². The fraction of sp³-hybridized carbons (Fsp3) is 0.125. The average molecular weight is 312 g/mol. The molecule has 0 aliphatic heterocycles. The number of nitrogens with zero attached hydrogens (tertiary/aromatic N) is 4. The second kappa shape index (κ2) is 6.35. The van der Waals surface area contributed by atoms with E-state index in [0.29, 0.717) is 22.5 Å². The van der Waals surface area contributed by atoms with E-state index in [1.165, 1.54) is 12.1 Å². The Morgan fingerprint density at radius 3 is 2.48 bits per heavy atom. The zero-order valence-corrected chi connectivity index (χ0v) is 12.3. The van der Waals surface area contributed by atoms with Crippen LogP contribution in [0.2, 0.25) is 0 Å². The van der Waals surface area contributed by atoms with Crippen LogP contribution in [0, 0.1) is 5.82 Å². The Labute approximate surface area is 131 Å². The van der Waals surface area contributed by atoms with E-state index in [2.05, 4.69) is 15.3 Å². The minimum absolute atomic E-state index is 0.223. The first-order valence-electron chi connectivity index (χ1n) is 7.00. The van der Waals surface area contributed by atoms with Gasteiger partial charge in [0.15, 0.2) is 0 Å². The maximum Gasteiger partial charge on any atom is 0.436 e. The molecule has 23 heavy (non-hydrogen) atoms. The third-order valence-corrected chi connectivity index (χ3v) is 3.18. The Kier molecular flexibility index (Phi) is 4.09. The summed E-state index contributed by atoms with van der Waals surface area (Å²) in [5.74, 6) is -0.350. The molecular weight excluding hydrogens is 299 g/mol. The third kappa shape index (κ3) is 2.94. The first-order valence-corrected chi connectivity index (χ1v) is 7.00. The number of halogens is 1. The maximum atomic E-state index is 13.1. The van der Waals surface area contributed by atoms with Crippen LogP contribution in [-0.2, 0) is 4.74 Å². The lowest BCUT2D eigenvalue weighted by Crippen LogP contribution is -2.16. The summed E-state index contributed by atoms with van der Waals surface area (Å²) in [6, 6.07) is 9.30. The lowest BCUT2D eigenvalue weighted by Gasteiger charge is -2.07. The summed E-state index contributed by atoms with van der Waals surface area (Å²) in [4.78, 5) is 16.1. The molecule has 116 valence electrons. The maximum absolute atomic E-state index is 13.1. The first-order chi connectivity index (χ1) is 11.2. The zero-order chi connectivity index (χ0) is 16.2.